The van der Waals surface area contributed by atoms with E-state index in [2.05, 4.69) is 45.0 Å². The first kappa shape index (κ1) is 19.6. The molecule has 0 aliphatic rings. The summed E-state index contributed by atoms with van der Waals surface area (Å²) in [4.78, 5) is 10.9. The van der Waals surface area contributed by atoms with Crippen LogP contribution in [0.2, 0.25) is 0 Å². The Labute approximate surface area is 155 Å². The van der Waals surface area contributed by atoms with Crippen LogP contribution in [-0.2, 0) is 16.8 Å². The van der Waals surface area contributed by atoms with Gasteiger partial charge >= 0.3 is 0 Å². The monoisotopic (exact) mass is 353 g/mol. The molecule has 138 valence electrons. The molecule has 0 bridgehead atoms. The average Bonchev–Trinajstić information content (AvgIpc) is 2.59. The minimum Gasteiger partial charge on any atom is -0.490 e. The van der Waals surface area contributed by atoms with Gasteiger partial charge < -0.3 is 15.2 Å². The Balaban J connectivity index is 2.11. The number of rotatable bonds is 7. The number of ether oxygens (including phenoxy) is 2. The van der Waals surface area contributed by atoms with E-state index in [4.69, 9.17) is 15.2 Å². The maximum absolute atomic E-state index is 10.9. The van der Waals surface area contributed by atoms with Gasteiger partial charge in [-0.05, 0) is 47.2 Å². The topological polar surface area (TPSA) is 61.5 Å². The number of carbonyl (C=O) groups is 1. The zero-order valence-corrected chi connectivity index (χ0v) is 15.9. The summed E-state index contributed by atoms with van der Waals surface area (Å²) < 4.78 is 11.6. The van der Waals surface area contributed by atoms with Crippen molar-refractivity contribution in [3.05, 3.63) is 65.2 Å². The fraction of sp³-hybridized carbons (Fsp3) is 0.318. The lowest BCUT2D eigenvalue weighted by Gasteiger charge is -2.19. The van der Waals surface area contributed by atoms with Crippen molar-refractivity contribution in [2.75, 3.05) is 6.61 Å². The third kappa shape index (κ3) is 5.66. The van der Waals surface area contributed by atoms with Crippen LogP contribution in [0, 0.1) is 0 Å². The number of carbonyl (C=O) groups excluding carboxylic acids is 1. The summed E-state index contributed by atoms with van der Waals surface area (Å²) >= 11 is 0. The van der Waals surface area contributed by atoms with Crippen molar-refractivity contribution in [2.45, 2.75) is 39.7 Å². The number of benzene rings is 2. The lowest BCUT2D eigenvalue weighted by molar-refractivity contribution is -0.113. The molecule has 2 aromatic rings. The maximum Gasteiger partial charge on any atom is 0.241 e. The van der Waals surface area contributed by atoms with Gasteiger partial charge in [-0.15, -0.1) is 0 Å². The van der Waals surface area contributed by atoms with Gasteiger partial charge in [0, 0.05) is 6.08 Å². The van der Waals surface area contributed by atoms with Crippen LogP contribution in [0.3, 0.4) is 0 Å². The Morgan fingerprint density at radius 3 is 2.31 bits per heavy atom. The molecule has 4 nitrogen and oxygen atoms in total. The highest BCUT2D eigenvalue weighted by Gasteiger charge is 2.13. The molecular weight excluding hydrogens is 326 g/mol. The molecule has 0 saturated heterocycles. The Bertz CT molecular complexity index is 771. The van der Waals surface area contributed by atoms with Gasteiger partial charge in [-0.2, -0.15) is 0 Å². The van der Waals surface area contributed by atoms with Crippen LogP contribution in [0.25, 0.3) is 6.08 Å². The molecule has 4 heteroatoms. The van der Waals surface area contributed by atoms with Gasteiger partial charge in [0.2, 0.25) is 5.91 Å². The minimum absolute atomic E-state index is 0.135. The maximum atomic E-state index is 10.9. The first-order valence-corrected chi connectivity index (χ1v) is 8.76. The predicted octanol–water partition coefficient (Wildman–Crippen LogP) is 4.46. The van der Waals surface area contributed by atoms with Gasteiger partial charge in [0.25, 0.3) is 0 Å². The number of nitrogens with two attached hydrogens (primary N) is 1. The van der Waals surface area contributed by atoms with Gasteiger partial charge in [0.1, 0.15) is 6.61 Å². The molecular formula is C22H27NO3. The number of hydrogen-bond acceptors (Lipinski definition) is 3. The molecule has 26 heavy (non-hydrogen) atoms. The number of amides is 1. The van der Waals surface area contributed by atoms with Gasteiger partial charge in [0.05, 0.1) is 6.61 Å². The normalized spacial score (nSPS) is 11.5. The second kappa shape index (κ2) is 8.56. The molecule has 2 N–H and O–H groups in total. The van der Waals surface area contributed by atoms with Crippen LogP contribution < -0.4 is 15.2 Å². The van der Waals surface area contributed by atoms with E-state index < -0.39 is 5.91 Å². The van der Waals surface area contributed by atoms with Crippen LogP contribution >= 0.6 is 0 Å². The first-order chi connectivity index (χ1) is 12.3. The van der Waals surface area contributed by atoms with E-state index in [0.29, 0.717) is 24.7 Å². The lowest BCUT2D eigenvalue weighted by atomic mass is 9.87. The van der Waals surface area contributed by atoms with E-state index in [0.717, 1.165) is 11.1 Å². The second-order valence-electron chi connectivity index (χ2n) is 7.11. The Morgan fingerprint density at radius 1 is 1.04 bits per heavy atom. The molecule has 0 heterocycles. The quantitative estimate of drug-likeness (QED) is 0.748. The average molecular weight is 353 g/mol. The first-order valence-electron chi connectivity index (χ1n) is 8.76. The molecule has 0 aliphatic carbocycles. The van der Waals surface area contributed by atoms with Crippen LogP contribution in [0.5, 0.6) is 11.5 Å². The fourth-order valence-corrected chi connectivity index (χ4v) is 2.46. The van der Waals surface area contributed by atoms with Gasteiger partial charge in [-0.3, -0.25) is 4.79 Å². The second-order valence-corrected chi connectivity index (χ2v) is 7.11. The zero-order chi connectivity index (χ0) is 19.2. The minimum atomic E-state index is -0.484. The van der Waals surface area contributed by atoms with Crippen molar-refractivity contribution in [3.8, 4) is 11.5 Å². The summed E-state index contributed by atoms with van der Waals surface area (Å²) in [5, 5.41) is 0. The van der Waals surface area contributed by atoms with Crippen molar-refractivity contribution in [1.82, 2.24) is 0 Å². The molecule has 2 rings (SSSR count). The molecule has 2 aromatic carbocycles. The SMILES string of the molecule is CCOc1cc(/C=C/C(N)=O)ccc1OCc1ccc(C(C)(C)C)cc1. The van der Waals surface area contributed by atoms with Crippen molar-refractivity contribution in [2.24, 2.45) is 5.73 Å². The molecule has 1 amide bonds. The van der Waals surface area contributed by atoms with Gasteiger partial charge in [-0.25, -0.2) is 0 Å². The van der Waals surface area contributed by atoms with E-state index in [1.54, 1.807) is 6.08 Å². The third-order valence-corrected chi connectivity index (χ3v) is 3.92. The van der Waals surface area contributed by atoms with E-state index in [-0.39, 0.29) is 5.41 Å². The lowest BCUT2D eigenvalue weighted by Crippen LogP contribution is -2.10. The van der Waals surface area contributed by atoms with Crippen LogP contribution in [0.15, 0.2) is 48.5 Å². The molecule has 0 aliphatic heterocycles. The molecule has 0 atom stereocenters. The fourth-order valence-electron chi connectivity index (χ4n) is 2.46. The summed E-state index contributed by atoms with van der Waals surface area (Å²) in [5.41, 5.74) is 8.49. The molecule has 0 saturated carbocycles. The molecule has 0 unspecified atom stereocenters. The highest BCUT2D eigenvalue weighted by Crippen LogP contribution is 2.30. The molecule has 0 fully saturated rings. The summed E-state index contributed by atoms with van der Waals surface area (Å²) in [7, 11) is 0. The molecule has 0 aromatic heterocycles. The predicted molar refractivity (Wildman–Crippen MR) is 105 cm³/mol. The van der Waals surface area contributed by atoms with Crippen molar-refractivity contribution in [3.63, 3.8) is 0 Å². The van der Waals surface area contributed by atoms with Crippen LogP contribution in [0.1, 0.15) is 44.4 Å². The standard InChI is InChI=1S/C22H27NO3/c1-5-25-20-14-16(9-13-21(23)24)8-12-19(20)26-15-17-6-10-18(11-7-17)22(2,3)4/h6-14H,5,15H2,1-4H3,(H2,23,24)/b13-9+. The van der Waals surface area contributed by atoms with Crippen LogP contribution in [0.4, 0.5) is 0 Å². The van der Waals surface area contributed by atoms with Crippen molar-refractivity contribution >= 4 is 12.0 Å². The van der Waals surface area contributed by atoms with Crippen molar-refractivity contribution in [1.29, 1.82) is 0 Å². The van der Waals surface area contributed by atoms with E-state index >= 15 is 0 Å². The summed E-state index contributed by atoms with van der Waals surface area (Å²) in [6.45, 7) is 9.49. The van der Waals surface area contributed by atoms with E-state index in [9.17, 15) is 4.79 Å². The Morgan fingerprint density at radius 2 is 1.73 bits per heavy atom. The Hall–Kier alpha value is -2.75. The highest BCUT2D eigenvalue weighted by molar-refractivity contribution is 5.90. The summed E-state index contributed by atoms with van der Waals surface area (Å²) in [5.74, 6) is 0.829. The number of hydrogen-bond donors (Lipinski definition) is 1. The van der Waals surface area contributed by atoms with E-state index in [1.807, 2.05) is 25.1 Å². The number of primary amides is 1. The van der Waals surface area contributed by atoms with Crippen LogP contribution in [-0.4, -0.2) is 12.5 Å². The smallest absolute Gasteiger partial charge is 0.241 e. The van der Waals surface area contributed by atoms with Crippen molar-refractivity contribution < 1.29 is 14.3 Å². The summed E-state index contributed by atoms with van der Waals surface area (Å²) in [6, 6.07) is 14.0. The molecule has 0 spiro atoms. The largest absolute Gasteiger partial charge is 0.490 e. The zero-order valence-electron chi connectivity index (χ0n) is 15.9. The highest BCUT2D eigenvalue weighted by atomic mass is 16.5. The van der Waals surface area contributed by atoms with E-state index in [1.165, 1.54) is 11.6 Å². The molecule has 0 radical (unpaired) electrons. The third-order valence-electron chi connectivity index (χ3n) is 3.92. The Kier molecular flexibility index (Phi) is 6.45. The summed E-state index contributed by atoms with van der Waals surface area (Å²) in [6.07, 6.45) is 2.97. The van der Waals surface area contributed by atoms with Gasteiger partial charge in [-0.1, -0.05) is 51.1 Å². The van der Waals surface area contributed by atoms with Gasteiger partial charge in [0.15, 0.2) is 11.5 Å².